The Morgan fingerprint density at radius 2 is 2.00 bits per heavy atom. The van der Waals surface area contributed by atoms with E-state index in [1.54, 1.807) is 24.0 Å². The molecule has 0 bridgehead atoms. The van der Waals surface area contributed by atoms with Crippen LogP contribution in [0.1, 0.15) is 15.9 Å². The molecule has 8 heteroatoms. The van der Waals surface area contributed by atoms with E-state index in [4.69, 9.17) is 0 Å². The van der Waals surface area contributed by atoms with E-state index in [2.05, 4.69) is 15.7 Å². The number of carbonyl (C=O) groups excluding carboxylic acids is 1. The van der Waals surface area contributed by atoms with Crippen molar-refractivity contribution in [1.82, 2.24) is 15.1 Å². The van der Waals surface area contributed by atoms with Crippen LogP contribution in [0.15, 0.2) is 60.9 Å². The lowest BCUT2D eigenvalue weighted by Crippen LogP contribution is -2.22. The molecule has 3 rings (SSSR count). The highest BCUT2D eigenvalue weighted by molar-refractivity contribution is 5.95. The Bertz CT molecular complexity index is 937. The van der Waals surface area contributed by atoms with Gasteiger partial charge in [-0.3, -0.25) is 14.9 Å². The zero-order valence-electron chi connectivity index (χ0n) is 14.0. The van der Waals surface area contributed by atoms with Gasteiger partial charge in [0.15, 0.2) is 0 Å². The molecule has 0 saturated carbocycles. The van der Waals surface area contributed by atoms with Crippen molar-refractivity contribution in [2.24, 2.45) is 0 Å². The van der Waals surface area contributed by atoms with Crippen molar-refractivity contribution in [2.45, 2.75) is 6.54 Å². The quantitative estimate of drug-likeness (QED) is 0.525. The highest BCUT2D eigenvalue weighted by Gasteiger charge is 2.16. The summed E-state index contributed by atoms with van der Waals surface area (Å²) in [5, 5.41) is 20.8. The zero-order chi connectivity index (χ0) is 18.5. The number of aromatic nitrogens is 2. The van der Waals surface area contributed by atoms with E-state index >= 15 is 0 Å². The fraction of sp³-hybridized carbons (Fsp3) is 0.111. The minimum atomic E-state index is -0.521. The molecule has 0 aliphatic carbocycles. The molecule has 0 unspecified atom stereocenters. The van der Waals surface area contributed by atoms with E-state index in [0.29, 0.717) is 5.69 Å². The molecule has 2 aromatic carbocycles. The highest BCUT2D eigenvalue weighted by atomic mass is 16.6. The van der Waals surface area contributed by atoms with Crippen LogP contribution in [-0.4, -0.2) is 27.7 Å². The van der Waals surface area contributed by atoms with Crippen molar-refractivity contribution in [1.29, 1.82) is 0 Å². The van der Waals surface area contributed by atoms with E-state index in [1.807, 2.05) is 36.5 Å². The number of benzene rings is 2. The first-order valence-electron chi connectivity index (χ1n) is 7.92. The van der Waals surface area contributed by atoms with Gasteiger partial charge < -0.3 is 10.6 Å². The van der Waals surface area contributed by atoms with Crippen molar-refractivity contribution in [3.8, 4) is 5.69 Å². The van der Waals surface area contributed by atoms with Gasteiger partial charge in [-0.25, -0.2) is 4.68 Å². The second-order valence-corrected chi connectivity index (χ2v) is 5.55. The fourth-order valence-electron chi connectivity index (χ4n) is 2.49. The lowest BCUT2D eigenvalue weighted by Gasteiger charge is -2.06. The van der Waals surface area contributed by atoms with E-state index in [1.165, 1.54) is 12.1 Å². The number of nitrogens with one attached hydrogen (secondary N) is 2. The molecular formula is C18H17N5O3. The van der Waals surface area contributed by atoms with Gasteiger partial charge in [0.05, 0.1) is 16.8 Å². The summed E-state index contributed by atoms with van der Waals surface area (Å²) in [5.41, 5.74) is 2.19. The molecule has 0 spiro atoms. The molecule has 26 heavy (non-hydrogen) atoms. The second kappa shape index (κ2) is 7.47. The van der Waals surface area contributed by atoms with Gasteiger partial charge in [0, 0.05) is 37.0 Å². The maximum Gasteiger partial charge on any atom is 0.293 e. The van der Waals surface area contributed by atoms with Crippen LogP contribution in [0, 0.1) is 10.1 Å². The maximum absolute atomic E-state index is 12.3. The summed E-state index contributed by atoms with van der Waals surface area (Å²) >= 11 is 0. The highest BCUT2D eigenvalue weighted by Crippen LogP contribution is 2.25. The third kappa shape index (κ3) is 3.69. The molecule has 0 radical (unpaired) electrons. The number of nitrogens with zero attached hydrogens (tertiary/aromatic N) is 3. The van der Waals surface area contributed by atoms with E-state index in [-0.39, 0.29) is 23.7 Å². The Hall–Kier alpha value is -3.68. The average Bonchev–Trinajstić information content (AvgIpc) is 3.15. The maximum atomic E-state index is 12.3. The first kappa shape index (κ1) is 17.2. The SMILES string of the molecule is CNc1ccc(C(=O)NCc2cnn(-c3ccccc3)c2)cc1[N+](=O)[O-]. The summed E-state index contributed by atoms with van der Waals surface area (Å²) in [6.07, 6.45) is 3.49. The smallest absolute Gasteiger partial charge is 0.293 e. The summed E-state index contributed by atoms with van der Waals surface area (Å²) < 4.78 is 1.72. The minimum absolute atomic E-state index is 0.142. The molecule has 1 heterocycles. The number of rotatable bonds is 6. The number of nitro groups is 1. The average molecular weight is 351 g/mol. The number of anilines is 1. The van der Waals surface area contributed by atoms with E-state index in [9.17, 15) is 14.9 Å². The Labute approximate surface area is 149 Å². The molecule has 0 saturated heterocycles. The number of para-hydroxylation sites is 1. The van der Waals surface area contributed by atoms with Crippen LogP contribution in [-0.2, 0) is 6.54 Å². The van der Waals surface area contributed by atoms with Gasteiger partial charge in [-0.15, -0.1) is 0 Å². The van der Waals surface area contributed by atoms with Crippen LogP contribution < -0.4 is 10.6 Å². The van der Waals surface area contributed by atoms with Gasteiger partial charge >= 0.3 is 0 Å². The standard InChI is InChI=1S/C18H17N5O3/c1-19-16-8-7-14(9-17(16)23(25)26)18(24)20-10-13-11-21-22(12-13)15-5-3-2-4-6-15/h2-9,11-12,19H,10H2,1H3,(H,20,24). The predicted molar refractivity (Wildman–Crippen MR) is 97.4 cm³/mol. The largest absolute Gasteiger partial charge is 0.383 e. The van der Waals surface area contributed by atoms with Crippen LogP contribution in [0.5, 0.6) is 0 Å². The van der Waals surface area contributed by atoms with Crippen LogP contribution in [0.2, 0.25) is 0 Å². The van der Waals surface area contributed by atoms with Gasteiger partial charge in [-0.05, 0) is 24.3 Å². The molecule has 0 aliphatic heterocycles. The molecule has 0 atom stereocenters. The molecule has 132 valence electrons. The normalized spacial score (nSPS) is 10.3. The second-order valence-electron chi connectivity index (χ2n) is 5.55. The van der Waals surface area contributed by atoms with Crippen molar-refractivity contribution in [2.75, 3.05) is 12.4 Å². The predicted octanol–water partition coefficient (Wildman–Crippen LogP) is 2.75. The van der Waals surface area contributed by atoms with Gasteiger partial charge in [0.2, 0.25) is 0 Å². The molecule has 1 amide bonds. The number of carbonyl (C=O) groups is 1. The van der Waals surface area contributed by atoms with E-state index < -0.39 is 4.92 Å². The summed E-state index contributed by atoms with van der Waals surface area (Å²) in [5.74, 6) is -0.386. The van der Waals surface area contributed by atoms with Crippen molar-refractivity contribution in [3.63, 3.8) is 0 Å². The van der Waals surface area contributed by atoms with Crippen LogP contribution in [0.25, 0.3) is 5.69 Å². The van der Waals surface area contributed by atoms with Crippen molar-refractivity contribution in [3.05, 3.63) is 82.2 Å². The lowest BCUT2D eigenvalue weighted by atomic mass is 10.1. The van der Waals surface area contributed by atoms with E-state index in [0.717, 1.165) is 11.3 Å². The number of nitro benzene ring substituents is 1. The molecule has 3 aromatic rings. The summed E-state index contributed by atoms with van der Waals surface area (Å²) in [4.78, 5) is 22.9. The van der Waals surface area contributed by atoms with Crippen molar-refractivity contribution >= 4 is 17.3 Å². The monoisotopic (exact) mass is 351 g/mol. The Morgan fingerprint density at radius 3 is 2.69 bits per heavy atom. The molecule has 1 aromatic heterocycles. The minimum Gasteiger partial charge on any atom is -0.383 e. The number of hydrogen-bond acceptors (Lipinski definition) is 5. The molecule has 2 N–H and O–H groups in total. The molecular weight excluding hydrogens is 334 g/mol. The first-order chi connectivity index (χ1) is 12.6. The number of hydrogen-bond donors (Lipinski definition) is 2. The van der Waals surface area contributed by atoms with Gasteiger partial charge in [0.25, 0.3) is 11.6 Å². The molecule has 0 aliphatic rings. The van der Waals surface area contributed by atoms with Crippen LogP contribution in [0.3, 0.4) is 0 Å². The van der Waals surface area contributed by atoms with Gasteiger partial charge in [0.1, 0.15) is 5.69 Å². The zero-order valence-corrected chi connectivity index (χ0v) is 14.0. The van der Waals surface area contributed by atoms with Crippen molar-refractivity contribution < 1.29 is 9.72 Å². The molecule has 0 fully saturated rings. The van der Waals surface area contributed by atoms with Gasteiger partial charge in [-0.2, -0.15) is 5.10 Å². The number of amides is 1. The summed E-state index contributed by atoms with van der Waals surface area (Å²) in [7, 11) is 1.59. The lowest BCUT2D eigenvalue weighted by molar-refractivity contribution is -0.384. The Morgan fingerprint density at radius 1 is 1.23 bits per heavy atom. The fourth-order valence-corrected chi connectivity index (χ4v) is 2.49. The summed E-state index contributed by atoms with van der Waals surface area (Å²) in [6.45, 7) is 0.271. The summed E-state index contributed by atoms with van der Waals surface area (Å²) in [6, 6.07) is 13.9. The molecule has 8 nitrogen and oxygen atoms in total. The third-order valence-electron chi connectivity index (χ3n) is 3.84. The Kier molecular flexibility index (Phi) is 4.93. The topological polar surface area (TPSA) is 102 Å². The third-order valence-corrected chi connectivity index (χ3v) is 3.84. The van der Waals surface area contributed by atoms with Crippen LogP contribution in [0.4, 0.5) is 11.4 Å². The van der Waals surface area contributed by atoms with Crippen LogP contribution >= 0.6 is 0 Å². The van der Waals surface area contributed by atoms with Gasteiger partial charge in [-0.1, -0.05) is 18.2 Å². The first-order valence-corrected chi connectivity index (χ1v) is 7.92. The Balaban J connectivity index is 1.69.